The molecule has 22 heavy (non-hydrogen) atoms. The number of nitrogens with one attached hydrogen (secondary N) is 1. The second-order valence-electron chi connectivity index (χ2n) is 5.81. The van der Waals surface area contributed by atoms with E-state index in [2.05, 4.69) is 10.1 Å². The van der Waals surface area contributed by atoms with Gasteiger partial charge in [-0.05, 0) is 18.4 Å². The van der Waals surface area contributed by atoms with Crippen LogP contribution in [0.4, 0.5) is 8.78 Å². The lowest BCUT2D eigenvalue weighted by atomic mass is 9.87. The molecule has 1 aromatic rings. The average molecular weight is 311 g/mol. The van der Waals surface area contributed by atoms with Gasteiger partial charge in [-0.15, -0.1) is 0 Å². The highest BCUT2D eigenvalue weighted by Crippen LogP contribution is 2.25. The first kappa shape index (κ1) is 16.7. The van der Waals surface area contributed by atoms with Gasteiger partial charge in [-0.2, -0.15) is 8.78 Å². The van der Waals surface area contributed by atoms with Crippen LogP contribution in [0.5, 0.6) is 5.75 Å². The highest BCUT2D eigenvalue weighted by molar-refractivity contribution is 5.79. The largest absolute Gasteiger partial charge is 0.435 e. The van der Waals surface area contributed by atoms with Crippen molar-refractivity contribution in [3.63, 3.8) is 0 Å². The summed E-state index contributed by atoms with van der Waals surface area (Å²) in [6.45, 7) is -2.23. The Morgan fingerprint density at radius 2 is 1.95 bits per heavy atom. The van der Waals surface area contributed by atoms with E-state index in [4.69, 9.17) is 0 Å². The number of ether oxygens (including phenoxy) is 1. The van der Waals surface area contributed by atoms with Crippen molar-refractivity contribution in [3.8, 4) is 5.75 Å². The van der Waals surface area contributed by atoms with E-state index in [-0.39, 0.29) is 18.1 Å². The normalized spacial score (nSPS) is 15.8. The topological polar surface area (TPSA) is 38.3 Å². The van der Waals surface area contributed by atoms with E-state index in [0.717, 1.165) is 6.42 Å². The zero-order valence-electron chi connectivity index (χ0n) is 12.7. The molecule has 1 amide bonds. The maximum Gasteiger partial charge on any atom is 0.387 e. The molecule has 1 aliphatic carbocycles. The summed E-state index contributed by atoms with van der Waals surface area (Å²) in [5.74, 6) is 0.629. The quantitative estimate of drug-likeness (QED) is 0.829. The predicted molar refractivity (Wildman–Crippen MR) is 81.0 cm³/mol. The van der Waals surface area contributed by atoms with Crippen molar-refractivity contribution in [1.82, 2.24) is 5.32 Å². The number of halogens is 2. The minimum absolute atomic E-state index is 0.0631. The lowest BCUT2D eigenvalue weighted by Gasteiger charge is -2.21. The van der Waals surface area contributed by atoms with Crippen LogP contribution in [0.25, 0.3) is 0 Å². The molecule has 0 spiro atoms. The molecule has 1 aliphatic rings. The number of amides is 1. The minimum atomic E-state index is -2.88. The van der Waals surface area contributed by atoms with E-state index >= 15 is 0 Å². The standard InChI is InChI=1S/C17H23F2NO2/c18-17(19)22-15-9-5-4-8-14(15)12-16(21)20-11-10-13-6-2-1-3-7-13/h4-5,8-9,13,17H,1-3,6-7,10-12H2,(H,20,21). The maximum absolute atomic E-state index is 12.3. The fourth-order valence-electron chi connectivity index (χ4n) is 2.99. The van der Waals surface area contributed by atoms with Crippen molar-refractivity contribution < 1.29 is 18.3 Å². The van der Waals surface area contributed by atoms with Crippen molar-refractivity contribution in [3.05, 3.63) is 29.8 Å². The van der Waals surface area contributed by atoms with Gasteiger partial charge in [-0.25, -0.2) is 0 Å². The van der Waals surface area contributed by atoms with Gasteiger partial charge < -0.3 is 10.1 Å². The third-order valence-corrected chi connectivity index (χ3v) is 4.14. The monoisotopic (exact) mass is 311 g/mol. The van der Waals surface area contributed by atoms with Crippen LogP contribution in [0.1, 0.15) is 44.1 Å². The van der Waals surface area contributed by atoms with Gasteiger partial charge in [-0.1, -0.05) is 50.3 Å². The average Bonchev–Trinajstić information content (AvgIpc) is 2.50. The second-order valence-corrected chi connectivity index (χ2v) is 5.81. The summed E-state index contributed by atoms with van der Waals surface area (Å²) < 4.78 is 29.1. The third-order valence-electron chi connectivity index (χ3n) is 4.14. The van der Waals surface area contributed by atoms with Crippen LogP contribution in [-0.2, 0) is 11.2 Å². The first-order valence-electron chi connectivity index (χ1n) is 7.94. The number of hydrogen-bond acceptors (Lipinski definition) is 2. The van der Waals surface area contributed by atoms with Gasteiger partial charge in [0.1, 0.15) is 5.75 Å². The molecule has 0 aliphatic heterocycles. The van der Waals surface area contributed by atoms with Crippen LogP contribution < -0.4 is 10.1 Å². The Morgan fingerprint density at radius 1 is 1.23 bits per heavy atom. The van der Waals surface area contributed by atoms with Crippen LogP contribution in [-0.4, -0.2) is 19.1 Å². The molecule has 1 fully saturated rings. The molecule has 2 rings (SSSR count). The zero-order chi connectivity index (χ0) is 15.8. The van der Waals surface area contributed by atoms with E-state index in [1.165, 1.54) is 38.2 Å². The van der Waals surface area contributed by atoms with E-state index in [0.29, 0.717) is 18.0 Å². The molecule has 1 aromatic carbocycles. The fourth-order valence-corrected chi connectivity index (χ4v) is 2.99. The van der Waals surface area contributed by atoms with E-state index in [1.54, 1.807) is 18.2 Å². The number of alkyl halides is 2. The molecule has 1 saturated carbocycles. The van der Waals surface area contributed by atoms with Gasteiger partial charge in [0.25, 0.3) is 0 Å². The molecule has 3 nitrogen and oxygen atoms in total. The molecule has 122 valence electrons. The molecule has 1 N–H and O–H groups in total. The number of benzene rings is 1. The van der Waals surface area contributed by atoms with Crippen molar-refractivity contribution in [2.45, 2.75) is 51.6 Å². The van der Waals surface area contributed by atoms with E-state index < -0.39 is 6.61 Å². The molecule has 0 unspecified atom stereocenters. The number of hydrogen-bond donors (Lipinski definition) is 1. The highest BCUT2D eigenvalue weighted by atomic mass is 19.3. The zero-order valence-corrected chi connectivity index (χ0v) is 12.7. The van der Waals surface area contributed by atoms with Gasteiger partial charge >= 0.3 is 6.61 Å². The Morgan fingerprint density at radius 3 is 2.68 bits per heavy atom. The molecule has 0 aromatic heterocycles. The van der Waals surface area contributed by atoms with Gasteiger partial charge in [0.05, 0.1) is 6.42 Å². The molecule has 0 saturated heterocycles. The lowest BCUT2D eigenvalue weighted by Crippen LogP contribution is -2.28. The predicted octanol–water partition coefficient (Wildman–Crippen LogP) is 3.92. The van der Waals surface area contributed by atoms with E-state index in [9.17, 15) is 13.6 Å². The lowest BCUT2D eigenvalue weighted by molar-refractivity contribution is -0.120. The summed E-state index contributed by atoms with van der Waals surface area (Å²) in [7, 11) is 0. The van der Waals surface area contributed by atoms with E-state index in [1.807, 2.05) is 0 Å². The Labute approximate surface area is 130 Å². The summed E-state index contributed by atoms with van der Waals surface area (Å²) in [5.41, 5.74) is 0.484. The smallest absolute Gasteiger partial charge is 0.387 e. The Bertz CT molecular complexity index is 473. The molecule has 0 heterocycles. The number of carbonyl (C=O) groups is 1. The molecule has 5 heteroatoms. The fraction of sp³-hybridized carbons (Fsp3) is 0.588. The van der Waals surface area contributed by atoms with Gasteiger partial charge in [0.2, 0.25) is 5.91 Å². The Balaban J connectivity index is 1.76. The first-order chi connectivity index (χ1) is 10.6. The summed E-state index contributed by atoms with van der Waals surface area (Å²) in [4.78, 5) is 11.9. The Kier molecular flexibility index (Phi) is 6.62. The summed E-state index contributed by atoms with van der Waals surface area (Å²) >= 11 is 0. The summed E-state index contributed by atoms with van der Waals surface area (Å²) in [6.07, 6.45) is 7.47. The van der Waals surface area contributed by atoms with Crippen molar-refractivity contribution in [2.75, 3.05) is 6.54 Å². The maximum atomic E-state index is 12.3. The van der Waals surface area contributed by atoms with Crippen molar-refractivity contribution in [2.24, 2.45) is 5.92 Å². The minimum Gasteiger partial charge on any atom is -0.435 e. The van der Waals surface area contributed by atoms with Crippen LogP contribution >= 0.6 is 0 Å². The number of carbonyl (C=O) groups excluding carboxylic acids is 1. The van der Waals surface area contributed by atoms with Crippen LogP contribution in [0.2, 0.25) is 0 Å². The molecular weight excluding hydrogens is 288 g/mol. The highest BCUT2D eigenvalue weighted by Gasteiger charge is 2.15. The van der Waals surface area contributed by atoms with Crippen LogP contribution in [0, 0.1) is 5.92 Å². The van der Waals surface area contributed by atoms with Gasteiger partial charge in [-0.3, -0.25) is 4.79 Å². The SMILES string of the molecule is O=C(Cc1ccccc1OC(F)F)NCCC1CCCCC1. The molecule has 0 atom stereocenters. The summed E-state index contributed by atoms with van der Waals surface area (Å²) in [5, 5.41) is 2.88. The van der Waals surface area contributed by atoms with Crippen LogP contribution in [0.3, 0.4) is 0 Å². The third kappa shape index (κ3) is 5.62. The van der Waals surface area contributed by atoms with Crippen molar-refractivity contribution in [1.29, 1.82) is 0 Å². The molecular formula is C17H23F2NO2. The second kappa shape index (κ2) is 8.71. The molecule has 0 radical (unpaired) electrons. The summed E-state index contributed by atoms with van der Waals surface area (Å²) in [6, 6.07) is 6.42. The first-order valence-corrected chi connectivity index (χ1v) is 7.94. The van der Waals surface area contributed by atoms with Crippen LogP contribution in [0.15, 0.2) is 24.3 Å². The Hall–Kier alpha value is -1.65. The van der Waals surface area contributed by atoms with Gasteiger partial charge in [0, 0.05) is 12.1 Å². The molecule has 0 bridgehead atoms. The van der Waals surface area contributed by atoms with Crippen molar-refractivity contribution >= 4 is 5.91 Å². The van der Waals surface area contributed by atoms with Gasteiger partial charge in [0.15, 0.2) is 0 Å². The number of para-hydroxylation sites is 1. The number of rotatable bonds is 7.